The van der Waals surface area contributed by atoms with Crippen LogP contribution < -0.4 is 10.2 Å². The molecule has 6 nitrogen and oxygen atoms in total. The fourth-order valence-electron chi connectivity index (χ4n) is 5.15. The van der Waals surface area contributed by atoms with Crippen molar-refractivity contribution >= 4 is 38.2 Å². The number of nitrogens with one attached hydrogen (secondary N) is 1. The van der Waals surface area contributed by atoms with Gasteiger partial charge in [0.05, 0.1) is 10.4 Å². The van der Waals surface area contributed by atoms with E-state index in [2.05, 4.69) is 22.3 Å². The first-order valence-electron chi connectivity index (χ1n) is 12.8. The second-order valence-corrected chi connectivity index (χ2v) is 12.7. The van der Waals surface area contributed by atoms with Crippen LogP contribution in [0.3, 0.4) is 0 Å². The highest BCUT2D eigenvalue weighted by Crippen LogP contribution is 2.32. The molecule has 0 saturated heterocycles. The Morgan fingerprint density at radius 1 is 1.03 bits per heavy atom. The van der Waals surface area contributed by atoms with Crippen molar-refractivity contribution in [3.8, 4) is 0 Å². The summed E-state index contributed by atoms with van der Waals surface area (Å²) in [5.74, 6) is 3.41. The Morgan fingerprint density at radius 2 is 1.75 bits per heavy atom. The Kier molecular flexibility index (Phi) is 8.86. The monoisotopic (exact) mass is 528 g/mol. The molecule has 2 aromatic carbocycles. The fraction of sp³-hybridized carbons (Fsp3) is 0.500. The van der Waals surface area contributed by atoms with Gasteiger partial charge in [0, 0.05) is 43.7 Å². The van der Waals surface area contributed by atoms with E-state index in [4.69, 9.17) is 21.6 Å². The molecule has 0 bridgehead atoms. The minimum atomic E-state index is -3.24. The van der Waals surface area contributed by atoms with Gasteiger partial charge in [-0.15, -0.1) is 0 Å². The Hall–Kier alpha value is -2.22. The smallest absolute Gasteiger partial charge is 0.175 e. The predicted molar refractivity (Wildman–Crippen MR) is 149 cm³/mol. The average Bonchev–Trinajstić information content (AvgIpc) is 2.84. The van der Waals surface area contributed by atoms with E-state index in [1.54, 1.807) is 12.1 Å². The molecule has 3 aromatic rings. The molecule has 0 aliphatic heterocycles. The van der Waals surface area contributed by atoms with Gasteiger partial charge in [-0.1, -0.05) is 49.1 Å². The third kappa shape index (κ3) is 6.96. The van der Waals surface area contributed by atoms with Gasteiger partial charge >= 0.3 is 0 Å². The van der Waals surface area contributed by atoms with E-state index in [1.165, 1.54) is 38.4 Å². The van der Waals surface area contributed by atoms with Gasteiger partial charge in [-0.05, 0) is 67.5 Å². The molecule has 0 radical (unpaired) electrons. The molecule has 8 heteroatoms. The van der Waals surface area contributed by atoms with Crippen LogP contribution in [0.2, 0.25) is 5.02 Å². The van der Waals surface area contributed by atoms with E-state index in [0.29, 0.717) is 17.5 Å². The van der Waals surface area contributed by atoms with E-state index in [9.17, 15) is 8.42 Å². The molecule has 0 atom stereocenters. The largest absolute Gasteiger partial charge is 0.362 e. The second kappa shape index (κ2) is 11.9. The molecule has 1 aromatic heterocycles. The van der Waals surface area contributed by atoms with Crippen molar-refractivity contribution in [2.45, 2.75) is 56.4 Å². The van der Waals surface area contributed by atoms with Crippen LogP contribution in [0.1, 0.15) is 49.9 Å². The maximum absolute atomic E-state index is 11.7. The number of sulfone groups is 1. The van der Waals surface area contributed by atoms with Gasteiger partial charge in [-0.3, -0.25) is 0 Å². The zero-order chi connectivity index (χ0) is 25.7. The van der Waals surface area contributed by atoms with Crippen LogP contribution in [0.25, 0.3) is 10.9 Å². The Morgan fingerprint density at radius 3 is 2.44 bits per heavy atom. The zero-order valence-electron chi connectivity index (χ0n) is 21.5. The maximum atomic E-state index is 11.7. The lowest BCUT2D eigenvalue weighted by Gasteiger charge is -2.28. The van der Waals surface area contributed by atoms with Crippen LogP contribution in [0.5, 0.6) is 0 Å². The molecule has 1 fully saturated rings. The highest BCUT2D eigenvalue weighted by atomic mass is 35.5. The molecule has 0 unspecified atom stereocenters. The SMILES string of the molecule is CN(C)c1nc(CCCC2CCC(CNCc3ccc(S(C)(=O)=O)cc3Cl)CC2)nc2ccccc12. The summed E-state index contributed by atoms with van der Waals surface area (Å²) >= 11 is 6.31. The summed E-state index contributed by atoms with van der Waals surface area (Å²) in [7, 11) is 0.838. The van der Waals surface area contributed by atoms with E-state index < -0.39 is 9.84 Å². The molecule has 1 heterocycles. The van der Waals surface area contributed by atoms with Crippen molar-refractivity contribution in [3.05, 3.63) is 58.9 Å². The van der Waals surface area contributed by atoms with Crippen molar-refractivity contribution in [2.75, 3.05) is 31.8 Å². The van der Waals surface area contributed by atoms with E-state index in [1.807, 2.05) is 32.3 Å². The number of benzene rings is 2. The van der Waals surface area contributed by atoms with Crippen molar-refractivity contribution < 1.29 is 8.42 Å². The van der Waals surface area contributed by atoms with Crippen molar-refractivity contribution in [3.63, 3.8) is 0 Å². The first kappa shape index (κ1) is 26.8. The Bertz CT molecular complexity index is 1290. The summed E-state index contributed by atoms with van der Waals surface area (Å²) in [6.07, 6.45) is 9.52. The van der Waals surface area contributed by atoms with Gasteiger partial charge in [-0.2, -0.15) is 0 Å². The summed E-state index contributed by atoms with van der Waals surface area (Å²) in [5.41, 5.74) is 1.96. The van der Waals surface area contributed by atoms with Gasteiger partial charge in [-0.25, -0.2) is 18.4 Å². The predicted octanol–water partition coefficient (Wildman–Crippen LogP) is 5.67. The third-order valence-electron chi connectivity index (χ3n) is 7.23. The van der Waals surface area contributed by atoms with Crippen LogP contribution in [0.15, 0.2) is 47.4 Å². The topological polar surface area (TPSA) is 75.2 Å². The number of nitrogens with zero attached hydrogens (tertiary/aromatic N) is 3. The van der Waals surface area contributed by atoms with Crippen LogP contribution >= 0.6 is 11.6 Å². The zero-order valence-corrected chi connectivity index (χ0v) is 23.1. The molecule has 1 saturated carbocycles. The molecule has 1 aliphatic rings. The number of anilines is 1. The van der Waals surface area contributed by atoms with Gasteiger partial charge in [0.15, 0.2) is 9.84 Å². The van der Waals surface area contributed by atoms with E-state index >= 15 is 0 Å². The lowest BCUT2D eigenvalue weighted by atomic mass is 9.80. The molecule has 194 valence electrons. The Balaban J connectivity index is 1.19. The molecule has 36 heavy (non-hydrogen) atoms. The number of rotatable bonds is 10. The summed E-state index contributed by atoms with van der Waals surface area (Å²) in [6, 6.07) is 13.2. The van der Waals surface area contributed by atoms with Crippen LogP contribution in [0, 0.1) is 11.8 Å². The maximum Gasteiger partial charge on any atom is 0.175 e. The normalized spacial score (nSPS) is 18.4. The fourth-order valence-corrected chi connectivity index (χ4v) is 6.10. The molecular formula is C28H37ClN4O2S. The number of halogens is 1. The standard InChI is InChI=1S/C28H37ClN4O2S/c1-33(2)28-24-8-4-5-9-26(24)31-27(32-28)10-6-7-20-11-13-21(14-12-20)18-30-19-22-15-16-23(17-25(22)29)36(3,34)35/h4-5,8-9,15-17,20-21,30H,6-7,10-14,18-19H2,1-3H3. The molecule has 1 aliphatic carbocycles. The first-order valence-corrected chi connectivity index (χ1v) is 15.1. The second-order valence-electron chi connectivity index (χ2n) is 10.3. The quantitative estimate of drug-likeness (QED) is 0.365. The van der Waals surface area contributed by atoms with Crippen molar-refractivity contribution in [1.82, 2.24) is 15.3 Å². The Labute approximate surface area is 220 Å². The number of hydrogen-bond acceptors (Lipinski definition) is 6. The lowest BCUT2D eigenvalue weighted by Crippen LogP contribution is -2.26. The number of fused-ring (bicyclic) bond motifs is 1. The van der Waals surface area contributed by atoms with Gasteiger partial charge in [0.1, 0.15) is 11.6 Å². The van der Waals surface area contributed by atoms with Gasteiger partial charge < -0.3 is 10.2 Å². The lowest BCUT2D eigenvalue weighted by molar-refractivity contribution is 0.254. The van der Waals surface area contributed by atoms with Crippen LogP contribution in [-0.4, -0.2) is 45.3 Å². The number of hydrogen-bond donors (Lipinski definition) is 1. The molecule has 4 rings (SSSR count). The summed E-state index contributed by atoms with van der Waals surface area (Å²) in [5, 5.41) is 5.13. The van der Waals surface area contributed by atoms with E-state index in [0.717, 1.165) is 53.4 Å². The third-order valence-corrected chi connectivity index (χ3v) is 8.70. The first-order chi connectivity index (χ1) is 17.2. The summed E-state index contributed by atoms with van der Waals surface area (Å²) < 4.78 is 23.4. The molecule has 0 spiro atoms. The van der Waals surface area contributed by atoms with Gasteiger partial charge in [0.25, 0.3) is 0 Å². The summed E-state index contributed by atoms with van der Waals surface area (Å²) in [6.45, 7) is 1.62. The average molecular weight is 529 g/mol. The van der Waals surface area contributed by atoms with Crippen LogP contribution in [-0.2, 0) is 22.8 Å². The minimum Gasteiger partial charge on any atom is -0.362 e. The van der Waals surface area contributed by atoms with Gasteiger partial charge in [0.2, 0.25) is 0 Å². The van der Waals surface area contributed by atoms with Crippen molar-refractivity contribution in [1.29, 1.82) is 0 Å². The minimum absolute atomic E-state index is 0.264. The highest BCUT2D eigenvalue weighted by molar-refractivity contribution is 7.90. The highest BCUT2D eigenvalue weighted by Gasteiger charge is 2.21. The molecule has 0 amide bonds. The number of aromatic nitrogens is 2. The number of para-hydroxylation sites is 1. The summed E-state index contributed by atoms with van der Waals surface area (Å²) in [4.78, 5) is 12.0. The van der Waals surface area contributed by atoms with Crippen molar-refractivity contribution in [2.24, 2.45) is 11.8 Å². The number of aryl methyl sites for hydroxylation is 1. The molecular weight excluding hydrogens is 492 g/mol. The van der Waals surface area contributed by atoms with E-state index in [-0.39, 0.29) is 4.90 Å². The van der Waals surface area contributed by atoms with Crippen LogP contribution in [0.4, 0.5) is 5.82 Å². The molecule has 1 N–H and O–H groups in total.